The van der Waals surface area contributed by atoms with E-state index in [1.54, 1.807) is 0 Å². The molecule has 0 aliphatic carbocycles. The SMILES string of the molecule is Cc1nc(C)n(CCCl)n1. The van der Waals surface area contributed by atoms with Crippen LogP contribution in [0.5, 0.6) is 0 Å². The monoisotopic (exact) mass is 159 g/mol. The Morgan fingerprint density at radius 2 is 2.20 bits per heavy atom. The van der Waals surface area contributed by atoms with E-state index in [0.717, 1.165) is 18.2 Å². The number of nitrogens with zero attached hydrogens (tertiary/aromatic N) is 3. The van der Waals surface area contributed by atoms with Crippen LogP contribution in [0.4, 0.5) is 0 Å². The number of hydrogen-bond donors (Lipinski definition) is 0. The van der Waals surface area contributed by atoms with Crippen molar-refractivity contribution in [1.29, 1.82) is 0 Å². The number of rotatable bonds is 2. The average Bonchev–Trinajstić information content (AvgIpc) is 2.13. The van der Waals surface area contributed by atoms with Crippen LogP contribution in [0.25, 0.3) is 0 Å². The maximum Gasteiger partial charge on any atom is 0.147 e. The Hall–Kier alpha value is -0.570. The molecule has 0 saturated heterocycles. The summed E-state index contributed by atoms with van der Waals surface area (Å²) in [5, 5.41) is 4.12. The highest BCUT2D eigenvalue weighted by molar-refractivity contribution is 6.17. The molecule has 0 unspecified atom stereocenters. The number of hydrogen-bond acceptors (Lipinski definition) is 2. The lowest BCUT2D eigenvalue weighted by Crippen LogP contribution is -2.03. The third-order valence-corrected chi connectivity index (χ3v) is 1.43. The Morgan fingerprint density at radius 3 is 2.60 bits per heavy atom. The molecule has 0 fully saturated rings. The highest BCUT2D eigenvalue weighted by Crippen LogP contribution is 1.95. The zero-order chi connectivity index (χ0) is 7.56. The molecular weight excluding hydrogens is 150 g/mol. The van der Waals surface area contributed by atoms with E-state index < -0.39 is 0 Å². The molecule has 0 atom stereocenters. The van der Waals surface area contributed by atoms with E-state index >= 15 is 0 Å². The van der Waals surface area contributed by atoms with Gasteiger partial charge in [0.05, 0.1) is 6.54 Å². The van der Waals surface area contributed by atoms with Crippen LogP contribution in [-0.4, -0.2) is 20.6 Å². The van der Waals surface area contributed by atoms with Crippen molar-refractivity contribution in [3.8, 4) is 0 Å². The molecule has 10 heavy (non-hydrogen) atoms. The molecular formula is C6H10ClN3. The third-order valence-electron chi connectivity index (χ3n) is 1.26. The van der Waals surface area contributed by atoms with E-state index in [0.29, 0.717) is 5.88 Å². The Labute approximate surface area is 65.0 Å². The minimum atomic E-state index is 0.587. The summed E-state index contributed by atoms with van der Waals surface area (Å²) in [5.41, 5.74) is 0. The quantitative estimate of drug-likeness (QED) is 0.606. The smallest absolute Gasteiger partial charge is 0.147 e. The molecule has 1 aromatic heterocycles. The molecule has 0 aliphatic rings. The van der Waals surface area contributed by atoms with E-state index in [2.05, 4.69) is 10.1 Å². The van der Waals surface area contributed by atoms with Gasteiger partial charge >= 0.3 is 0 Å². The summed E-state index contributed by atoms with van der Waals surface area (Å²) in [4.78, 5) is 4.12. The highest BCUT2D eigenvalue weighted by Gasteiger charge is 1.99. The molecule has 0 aromatic carbocycles. The Kier molecular flexibility index (Phi) is 2.27. The molecule has 0 radical (unpaired) electrons. The summed E-state index contributed by atoms with van der Waals surface area (Å²) >= 11 is 5.53. The lowest BCUT2D eigenvalue weighted by molar-refractivity contribution is 0.635. The first-order valence-corrected chi connectivity index (χ1v) is 3.71. The summed E-state index contributed by atoms with van der Waals surface area (Å²) in [5.74, 6) is 2.32. The van der Waals surface area contributed by atoms with Crippen LogP contribution in [0, 0.1) is 13.8 Å². The zero-order valence-electron chi connectivity index (χ0n) is 6.13. The first kappa shape index (κ1) is 7.54. The molecule has 4 heteroatoms. The second-order valence-electron chi connectivity index (χ2n) is 2.12. The van der Waals surface area contributed by atoms with Crippen LogP contribution in [0.3, 0.4) is 0 Å². The van der Waals surface area contributed by atoms with Gasteiger partial charge in [0.15, 0.2) is 0 Å². The summed E-state index contributed by atoms with van der Waals surface area (Å²) < 4.78 is 1.81. The van der Waals surface area contributed by atoms with Gasteiger partial charge in [0.25, 0.3) is 0 Å². The van der Waals surface area contributed by atoms with Crippen LogP contribution < -0.4 is 0 Å². The Balaban J connectivity index is 2.81. The molecule has 0 bridgehead atoms. The molecule has 1 rings (SSSR count). The van der Waals surface area contributed by atoms with Gasteiger partial charge in [-0.3, -0.25) is 0 Å². The minimum Gasteiger partial charge on any atom is -0.249 e. The standard InChI is InChI=1S/C6H10ClN3/c1-5-8-6(2)10(9-5)4-3-7/h3-4H2,1-2H3. The van der Waals surface area contributed by atoms with Gasteiger partial charge in [0, 0.05) is 5.88 Å². The van der Waals surface area contributed by atoms with Gasteiger partial charge in [-0.25, -0.2) is 9.67 Å². The van der Waals surface area contributed by atoms with Crippen molar-refractivity contribution in [3.63, 3.8) is 0 Å². The summed E-state index contributed by atoms with van der Waals surface area (Å²) in [7, 11) is 0. The maximum atomic E-state index is 5.53. The van der Waals surface area contributed by atoms with Crippen LogP contribution in [0.2, 0.25) is 0 Å². The Morgan fingerprint density at radius 1 is 1.50 bits per heavy atom. The average molecular weight is 160 g/mol. The normalized spacial score (nSPS) is 10.3. The third kappa shape index (κ3) is 1.48. The predicted octanol–water partition coefficient (Wildman–Crippen LogP) is 1.13. The van der Waals surface area contributed by atoms with Gasteiger partial charge in [-0.05, 0) is 13.8 Å². The molecule has 0 N–H and O–H groups in total. The van der Waals surface area contributed by atoms with Gasteiger partial charge < -0.3 is 0 Å². The van der Waals surface area contributed by atoms with Gasteiger partial charge in [-0.2, -0.15) is 5.10 Å². The summed E-state index contributed by atoms with van der Waals surface area (Å²) in [6, 6.07) is 0. The number of aryl methyl sites for hydroxylation is 3. The van der Waals surface area contributed by atoms with Gasteiger partial charge in [-0.15, -0.1) is 11.6 Å². The van der Waals surface area contributed by atoms with Crippen molar-refractivity contribution in [1.82, 2.24) is 14.8 Å². The number of aromatic nitrogens is 3. The number of alkyl halides is 1. The van der Waals surface area contributed by atoms with Crippen molar-refractivity contribution < 1.29 is 0 Å². The fourth-order valence-corrected chi connectivity index (χ4v) is 1.01. The first-order chi connectivity index (χ1) is 4.74. The Bertz CT molecular complexity index is 219. The predicted molar refractivity (Wildman–Crippen MR) is 40.2 cm³/mol. The van der Waals surface area contributed by atoms with Crippen molar-refractivity contribution in [2.75, 3.05) is 5.88 Å². The summed E-state index contributed by atoms with van der Waals surface area (Å²) in [6.45, 7) is 4.54. The maximum absolute atomic E-state index is 5.53. The molecule has 0 saturated carbocycles. The molecule has 1 heterocycles. The first-order valence-electron chi connectivity index (χ1n) is 3.18. The van der Waals surface area contributed by atoms with Crippen molar-refractivity contribution in [2.24, 2.45) is 0 Å². The van der Waals surface area contributed by atoms with E-state index in [-0.39, 0.29) is 0 Å². The minimum absolute atomic E-state index is 0.587. The van der Waals surface area contributed by atoms with E-state index in [9.17, 15) is 0 Å². The van der Waals surface area contributed by atoms with Crippen LogP contribution in [-0.2, 0) is 6.54 Å². The molecule has 0 spiro atoms. The van der Waals surface area contributed by atoms with E-state index in [1.807, 2.05) is 18.5 Å². The molecule has 56 valence electrons. The van der Waals surface area contributed by atoms with E-state index in [4.69, 9.17) is 11.6 Å². The second kappa shape index (κ2) is 3.01. The van der Waals surface area contributed by atoms with Crippen LogP contribution in [0.15, 0.2) is 0 Å². The van der Waals surface area contributed by atoms with Crippen molar-refractivity contribution >= 4 is 11.6 Å². The van der Waals surface area contributed by atoms with Crippen molar-refractivity contribution in [3.05, 3.63) is 11.6 Å². The van der Waals surface area contributed by atoms with Gasteiger partial charge in [-0.1, -0.05) is 0 Å². The fraction of sp³-hybridized carbons (Fsp3) is 0.667. The molecule has 3 nitrogen and oxygen atoms in total. The molecule has 0 aliphatic heterocycles. The summed E-state index contributed by atoms with van der Waals surface area (Å²) in [6.07, 6.45) is 0. The lowest BCUT2D eigenvalue weighted by atomic mass is 10.6. The fourth-order valence-electron chi connectivity index (χ4n) is 0.853. The van der Waals surface area contributed by atoms with Gasteiger partial charge in [0.1, 0.15) is 11.6 Å². The molecule has 1 aromatic rings. The largest absolute Gasteiger partial charge is 0.249 e. The van der Waals surface area contributed by atoms with E-state index in [1.165, 1.54) is 0 Å². The van der Waals surface area contributed by atoms with Gasteiger partial charge in [0.2, 0.25) is 0 Å². The van der Waals surface area contributed by atoms with Crippen molar-refractivity contribution in [2.45, 2.75) is 20.4 Å². The van der Waals surface area contributed by atoms with Crippen LogP contribution >= 0.6 is 11.6 Å². The second-order valence-corrected chi connectivity index (χ2v) is 2.50. The number of halogens is 1. The highest BCUT2D eigenvalue weighted by atomic mass is 35.5. The topological polar surface area (TPSA) is 30.7 Å². The van der Waals surface area contributed by atoms with Crippen LogP contribution in [0.1, 0.15) is 11.6 Å². The molecule has 0 amide bonds. The lowest BCUT2D eigenvalue weighted by Gasteiger charge is -1.95. The zero-order valence-corrected chi connectivity index (χ0v) is 6.89.